The molecule has 5 heteroatoms. The van der Waals surface area contributed by atoms with Crippen LogP contribution in [0.1, 0.15) is 22.4 Å². The molecular formula is C22H21N3OS. The maximum absolute atomic E-state index is 12.6. The molecule has 1 amide bonds. The normalized spacial score (nSPS) is 11.1. The number of para-hydroxylation sites is 1. The molecule has 0 spiro atoms. The number of imidazole rings is 1. The van der Waals surface area contributed by atoms with Gasteiger partial charge in [0.2, 0.25) is 5.91 Å². The Morgan fingerprint density at radius 3 is 2.48 bits per heavy atom. The van der Waals surface area contributed by atoms with E-state index >= 15 is 0 Å². The molecule has 0 aliphatic rings. The predicted octanol–water partition coefficient (Wildman–Crippen LogP) is 5.17. The van der Waals surface area contributed by atoms with E-state index < -0.39 is 0 Å². The average molecular weight is 375 g/mol. The van der Waals surface area contributed by atoms with Crippen LogP contribution in [-0.2, 0) is 11.2 Å². The molecule has 0 unspecified atom stereocenters. The van der Waals surface area contributed by atoms with Gasteiger partial charge < -0.3 is 5.32 Å². The highest BCUT2D eigenvalue weighted by atomic mass is 32.1. The minimum Gasteiger partial charge on any atom is -0.325 e. The van der Waals surface area contributed by atoms with Gasteiger partial charge in [0.25, 0.3) is 0 Å². The Kier molecular flexibility index (Phi) is 4.54. The molecule has 2 aromatic carbocycles. The molecule has 4 rings (SSSR count). The maximum atomic E-state index is 12.6. The van der Waals surface area contributed by atoms with Crippen molar-refractivity contribution in [2.45, 2.75) is 27.2 Å². The monoisotopic (exact) mass is 375 g/mol. The Labute approximate surface area is 162 Å². The Bertz CT molecular complexity index is 1100. The van der Waals surface area contributed by atoms with Gasteiger partial charge in [-0.3, -0.25) is 9.20 Å². The minimum absolute atomic E-state index is 0.0160. The number of carbonyl (C=O) groups excluding carboxylic acids is 1. The number of hydrogen-bond donors (Lipinski definition) is 1. The van der Waals surface area contributed by atoms with Crippen molar-refractivity contribution in [3.05, 3.63) is 76.4 Å². The molecule has 0 aliphatic heterocycles. The fraction of sp³-hybridized carbons (Fsp3) is 0.182. The number of carbonyl (C=O) groups is 1. The van der Waals surface area contributed by atoms with E-state index in [1.54, 1.807) is 11.3 Å². The van der Waals surface area contributed by atoms with Crippen molar-refractivity contribution in [1.29, 1.82) is 0 Å². The highest BCUT2D eigenvalue weighted by Gasteiger charge is 2.14. The zero-order valence-corrected chi connectivity index (χ0v) is 16.4. The van der Waals surface area contributed by atoms with Crippen molar-refractivity contribution in [3.8, 4) is 11.3 Å². The summed E-state index contributed by atoms with van der Waals surface area (Å²) in [5.41, 5.74) is 7.24. The molecule has 0 saturated carbocycles. The molecule has 4 nitrogen and oxygen atoms in total. The summed E-state index contributed by atoms with van der Waals surface area (Å²) in [5, 5.41) is 5.06. The quantitative estimate of drug-likeness (QED) is 0.535. The summed E-state index contributed by atoms with van der Waals surface area (Å²) in [6, 6.07) is 14.3. The largest absolute Gasteiger partial charge is 0.325 e. The molecule has 0 radical (unpaired) electrons. The highest BCUT2D eigenvalue weighted by Crippen LogP contribution is 2.25. The summed E-state index contributed by atoms with van der Waals surface area (Å²) in [4.78, 5) is 18.2. The molecule has 0 aliphatic carbocycles. The van der Waals surface area contributed by atoms with Gasteiger partial charge in [0.15, 0.2) is 4.96 Å². The van der Waals surface area contributed by atoms with E-state index in [4.69, 9.17) is 4.98 Å². The molecule has 0 fully saturated rings. The number of hydrogen-bond acceptors (Lipinski definition) is 3. The third-order valence-corrected chi connectivity index (χ3v) is 5.61. The fourth-order valence-corrected chi connectivity index (χ4v) is 4.05. The third kappa shape index (κ3) is 3.51. The second-order valence-electron chi connectivity index (χ2n) is 6.86. The fourth-order valence-electron chi connectivity index (χ4n) is 3.18. The topological polar surface area (TPSA) is 46.4 Å². The number of aromatic nitrogens is 2. The molecule has 2 heterocycles. The first-order valence-corrected chi connectivity index (χ1v) is 9.78. The number of nitrogens with one attached hydrogen (secondary N) is 1. The van der Waals surface area contributed by atoms with E-state index in [9.17, 15) is 4.79 Å². The number of thiazole rings is 1. The number of fused-ring (bicyclic) bond motifs is 1. The van der Waals surface area contributed by atoms with Gasteiger partial charge in [0.05, 0.1) is 12.1 Å². The second-order valence-corrected chi connectivity index (χ2v) is 7.70. The zero-order valence-electron chi connectivity index (χ0n) is 15.6. The molecule has 4 aromatic rings. The van der Waals surface area contributed by atoms with E-state index in [-0.39, 0.29) is 5.91 Å². The summed E-state index contributed by atoms with van der Waals surface area (Å²) >= 11 is 1.56. The van der Waals surface area contributed by atoms with E-state index in [0.29, 0.717) is 6.42 Å². The van der Waals surface area contributed by atoms with Crippen molar-refractivity contribution >= 4 is 27.9 Å². The Hall–Kier alpha value is -2.92. The van der Waals surface area contributed by atoms with Crippen LogP contribution in [0, 0.1) is 20.8 Å². The average Bonchev–Trinajstić information content (AvgIpc) is 3.21. The van der Waals surface area contributed by atoms with Crippen LogP contribution in [0.2, 0.25) is 0 Å². The summed E-state index contributed by atoms with van der Waals surface area (Å²) in [5.74, 6) is -0.0160. The van der Waals surface area contributed by atoms with Gasteiger partial charge >= 0.3 is 0 Å². The van der Waals surface area contributed by atoms with Gasteiger partial charge in [-0.1, -0.05) is 48.0 Å². The number of benzene rings is 2. The van der Waals surface area contributed by atoms with Gasteiger partial charge in [0.1, 0.15) is 0 Å². The van der Waals surface area contributed by atoms with Crippen LogP contribution >= 0.6 is 11.3 Å². The van der Waals surface area contributed by atoms with Crippen molar-refractivity contribution in [2.75, 3.05) is 5.32 Å². The molecule has 27 heavy (non-hydrogen) atoms. The summed E-state index contributed by atoms with van der Waals surface area (Å²) < 4.78 is 2.02. The first-order valence-electron chi connectivity index (χ1n) is 8.90. The van der Waals surface area contributed by atoms with Crippen LogP contribution in [0.4, 0.5) is 5.69 Å². The summed E-state index contributed by atoms with van der Waals surface area (Å²) in [6.07, 6.45) is 2.33. The highest BCUT2D eigenvalue weighted by molar-refractivity contribution is 7.15. The number of aryl methyl sites for hydroxylation is 3. The van der Waals surface area contributed by atoms with Crippen LogP contribution in [0.3, 0.4) is 0 Å². The number of nitrogens with zero attached hydrogens (tertiary/aromatic N) is 2. The lowest BCUT2D eigenvalue weighted by atomic mass is 10.1. The van der Waals surface area contributed by atoms with E-state index in [0.717, 1.165) is 38.7 Å². The van der Waals surface area contributed by atoms with Gasteiger partial charge in [-0.25, -0.2) is 4.98 Å². The first-order chi connectivity index (χ1) is 13.0. The van der Waals surface area contributed by atoms with Crippen LogP contribution in [-0.4, -0.2) is 15.3 Å². The van der Waals surface area contributed by atoms with Crippen molar-refractivity contribution in [2.24, 2.45) is 0 Å². The lowest BCUT2D eigenvalue weighted by molar-refractivity contribution is -0.115. The molecule has 136 valence electrons. The van der Waals surface area contributed by atoms with Crippen LogP contribution < -0.4 is 5.32 Å². The van der Waals surface area contributed by atoms with Gasteiger partial charge in [-0.05, 0) is 31.9 Å². The van der Waals surface area contributed by atoms with Gasteiger partial charge in [-0.2, -0.15) is 0 Å². The summed E-state index contributed by atoms with van der Waals surface area (Å²) in [6.45, 7) is 6.09. The van der Waals surface area contributed by atoms with Gasteiger partial charge in [-0.15, -0.1) is 11.3 Å². The molecule has 0 atom stereocenters. The SMILES string of the molecule is Cc1ccc(-c2cn3c(CC(=O)Nc4c(C)cccc4C)csc3n2)cc1. The van der Waals surface area contributed by atoms with E-state index in [2.05, 4.69) is 36.5 Å². The first kappa shape index (κ1) is 17.5. The minimum atomic E-state index is -0.0160. The number of rotatable bonds is 4. The lowest BCUT2D eigenvalue weighted by Gasteiger charge is -2.11. The number of anilines is 1. The smallest absolute Gasteiger partial charge is 0.230 e. The standard InChI is InChI=1S/C22H21N3OS/c1-14-7-9-17(10-8-14)19-12-25-18(13-27-22(25)23-19)11-20(26)24-21-15(2)5-4-6-16(21)3/h4-10,12-13H,11H2,1-3H3,(H,24,26). The third-order valence-electron chi connectivity index (χ3n) is 4.72. The Balaban J connectivity index is 1.57. The second kappa shape index (κ2) is 7.00. The molecule has 0 saturated heterocycles. The van der Waals surface area contributed by atoms with Crippen molar-refractivity contribution in [1.82, 2.24) is 9.38 Å². The van der Waals surface area contributed by atoms with Gasteiger partial charge in [0, 0.05) is 28.5 Å². The summed E-state index contributed by atoms with van der Waals surface area (Å²) in [7, 11) is 0. The maximum Gasteiger partial charge on any atom is 0.230 e. The van der Waals surface area contributed by atoms with Crippen LogP contribution in [0.5, 0.6) is 0 Å². The molecule has 2 aromatic heterocycles. The van der Waals surface area contributed by atoms with E-state index in [1.165, 1.54) is 5.56 Å². The Morgan fingerprint density at radius 1 is 1.07 bits per heavy atom. The van der Waals surface area contributed by atoms with Crippen molar-refractivity contribution in [3.63, 3.8) is 0 Å². The zero-order chi connectivity index (χ0) is 19.0. The molecule has 1 N–H and O–H groups in total. The lowest BCUT2D eigenvalue weighted by Crippen LogP contribution is -2.16. The van der Waals surface area contributed by atoms with Crippen LogP contribution in [0.25, 0.3) is 16.2 Å². The Morgan fingerprint density at radius 2 is 1.78 bits per heavy atom. The van der Waals surface area contributed by atoms with Crippen LogP contribution in [0.15, 0.2) is 54.0 Å². The molecular weight excluding hydrogens is 354 g/mol. The number of amides is 1. The molecule has 0 bridgehead atoms. The predicted molar refractivity (Wildman–Crippen MR) is 111 cm³/mol. The van der Waals surface area contributed by atoms with E-state index in [1.807, 2.05) is 48.0 Å². The van der Waals surface area contributed by atoms with Crippen molar-refractivity contribution < 1.29 is 4.79 Å².